The molecule has 0 saturated carbocycles. The minimum Gasteiger partial charge on any atom is -0.383 e. The molecule has 0 aromatic heterocycles. The van der Waals surface area contributed by atoms with Gasteiger partial charge in [-0.1, -0.05) is 0 Å². The summed E-state index contributed by atoms with van der Waals surface area (Å²) in [6, 6.07) is -0.759. The van der Waals surface area contributed by atoms with Crippen molar-refractivity contribution in [2.75, 3.05) is 25.2 Å². The van der Waals surface area contributed by atoms with Crippen molar-refractivity contribution in [3.8, 4) is 0 Å². The third-order valence-electron chi connectivity index (χ3n) is 2.61. The predicted octanol–water partition coefficient (Wildman–Crippen LogP) is -1.35. The predicted molar refractivity (Wildman–Crippen MR) is 59.7 cm³/mol. The molecule has 16 heavy (non-hydrogen) atoms. The summed E-state index contributed by atoms with van der Waals surface area (Å²) in [6.07, 6.45) is 0.431. The van der Waals surface area contributed by atoms with E-state index >= 15 is 0 Å². The van der Waals surface area contributed by atoms with Crippen molar-refractivity contribution in [3.05, 3.63) is 0 Å². The van der Waals surface area contributed by atoms with Gasteiger partial charge in [0, 0.05) is 7.11 Å². The van der Waals surface area contributed by atoms with Crippen LogP contribution in [-0.2, 0) is 19.4 Å². The largest absolute Gasteiger partial charge is 0.383 e. The summed E-state index contributed by atoms with van der Waals surface area (Å²) in [5, 5.41) is 2.67. The summed E-state index contributed by atoms with van der Waals surface area (Å²) >= 11 is 0. The highest BCUT2D eigenvalue weighted by molar-refractivity contribution is 7.91. The Morgan fingerprint density at radius 1 is 1.62 bits per heavy atom. The molecule has 94 valence electrons. The van der Waals surface area contributed by atoms with Crippen molar-refractivity contribution in [3.63, 3.8) is 0 Å². The molecule has 1 heterocycles. The Kier molecular flexibility index (Phi) is 3.92. The quantitative estimate of drug-likeness (QED) is 0.643. The normalized spacial score (nSPS) is 29.9. The van der Waals surface area contributed by atoms with Gasteiger partial charge in [0.15, 0.2) is 9.84 Å². The number of sulfone groups is 1. The Balaban J connectivity index is 2.58. The van der Waals surface area contributed by atoms with Crippen LogP contribution in [0.4, 0.5) is 0 Å². The lowest BCUT2D eigenvalue weighted by Gasteiger charge is -2.25. The molecule has 1 rings (SSSR count). The Morgan fingerprint density at radius 3 is 2.69 bits per heavy atom. The fraction of sp³-hybridized carbons (Fsp3) is 0.889. The molecular weight excluding hydrogens is 232 g/mol. The molecule has 0 aromatic rings. The maximum atomic E-state index is 11.6. The number of nitrogens with one attached hydrogen (secondary N) is 1. The van der Waals surface area contributed by atoms with E-state index in [9.17, 15) is 13.2 Å². The maximum absolute atomic E-state index is 11.6. The molecule has 0 radical (unpaired) electrons. The maximum Gasteiger partial charge on any atom is 0.239 e. The molecule has 6 nitrogen and oxygen atoms in total. The summed E-state index contributed by atoms with van der Waals surface area (Å²) in [4.78, 5) is 11.6. The summed E-state index contributed by atoms with van der Waals surface area (Å²) in [7, 11) is -1.57. The van der Waals surface area contributed by atoms with E-state index in [1.54, 1.807) is 6.92 Å². The molecule has 0 spiro atoms. The van der Waals surface area contributed by atoms with E-state index in [2.05, 4.69) is 5.32 Å². The Bertz CT molecular complexity index is 368. The van der Waals surface area contributed by atoms with Gasteiger partial charge in [-0.25, -0.2) is 8.42 Å². The number of hydrogen-bond acceptors (Lipinski definition) is 5. The van der Waals surface area contributed by atoms with E-state index in [-0.39, 0.29) is 24.0 Å². The monoisotopic (exact) mass is 250 g/mol. The average Bonchev–Trinajstić information content (AvgIpc) is 2.40. The van der Waals surface area contributed by atoms with E-state index in [0.717, 1.165) is 0 Å². The van der Waals surface area contributed by atoms with Gasteiger partial charge in [-0.2, -0.15) is 0 Å². The fourth-order valence-corrected chi connectivity index (χ4v) is 3.85. The fourth-order valence-electron chi connectivity index (χ4n) is 1.75. The van der Waals surface area contributed by atoms with E-state index in [0.29, 0.717) is 6.42 Å². The minimum atomic E-state index is -3.02. The highest BCUT2D eigenvalue weighted by Gasteiger charge is 2.40. The van der Waals surface area contributed by atoms with E-state index in [4.69, 9.17) is 10.5 Å². The molecule has 1 saturated heterocycles. The molecule has 1 fully saturated rings. The average molecular weight is 250 g/mol. The van der Waals surface area contributed by atoms with Crippen LogP contribution in [0.5, 0.6) is 0 Å². The zero-order chi connectivity index (χ0) is 12.4. The van der Waals surface area contributed by atoms with Crippen molar-refractivity contribution >= 4 is 15.7 Å². The summed E-state index contributed by atoms with van der Waals surface area (Å²) in [5.41, 5.74) is 4.85. The Morgan fingerprint density at radius 2 is 2.25 bits per heavy atom. The second-order valence-electron chi connectivity index (χ2n) is 4.45. The van der Waals surface area contributed by atoms with Gasteiger partial charge in [0.2, 0.25) is 5.91 Å². The number of rotatable bonds is 4. The van der Waals surface area contributed by atoms with Crippen molar-refractivity contribution in [2.45, 2.75) is 24.9 Å². The highest BCUT2D eigenvalue weighted by atomic mass is 32.2. The molecule has 3 N–H and O–H groups in total. The van der Waals surface area contributed by atoms with Crippen LogP contribution >= 0.6 is 0 Å². The molecule has 1 aliphatic heterocycles. The second kappa shape index (κ2) is 4.68. The van der Waals surface area contributed by atoms with Crippen molar-refractivity contribution in [2.24, 2.45) is 5.73 Å². The third kappa shape index (κ3) is 3.43. The molecular formula is C9H18N2O4S. The molecule has 0 aromatic carbocycles. The third-order valence-corrected chi connectivity index (χ3v) is 4.51. The first-order chi connectivity index (χ1) is 7.28. The Labute approximate surface area is 95.4 Å². The van der Waals surface area contributed by atoms with Crippen LogP contribution in [0.15, 0.2) is 0 Å². The first kappa shape index (κ1) is 13.4. The molecule has 1 aliphatic rings. The number of methoxy groups -OCH3 is 1. The highest BCUT2D eigenvalue weighted by Crippen LogP contribution is 2.22. The first-order valence-electron chi connectivity index (χ1n) is 5.05. The van der Waals surface area contributed by atoms with Gasteiger partial charge in [-0.05, 0) is 13.3 Å². The van der Waals surface area contributed by atoms with Gasteiger partial charge >= 0.3 is 0 Å². The number of amides is 1. The lowest BCUT2D eigenvalue weighted by molar-refractivity contribution is -0.124. The number of carbonyl (C=O) groups is 1. The van der Waals surface area contributed by atoms with Gasteiger partial charge in [-0.15, -0.1) is 0 Å². The first-order valence-corrected chi connectivity index (χ1v) is 6.87. The van der Waals surface area contributed by atoms with Crippen LogP contribution < -0.4 is 11.1 Å². The molecule has 2 atom stereocenters. The second-order valence-corrected chi connectivity index (χ2v) is 6.64. The zero-order valence-corrected chi connectivity index (χ0v) is 10.3. The lowest BCUT2D eigenvalue weighted by atomic mass is 10.0. The number of hydrogen-bond donors (Lipinski definition) is 2. The van der Waals surface area contributed by atoms with Crippen molar-refractivity contribution in [1.29, 1.82) is 0 Å². The van der Waals surface area contributed by atoms with Crippen LogP contribution in [-0.4, -0.2) is 51.1 Å². The van der Waals surface area contributed by atoms with Gasteiger partial charge in [0.25, 0.3) is 0 Å². The molecule has 0 aliphatic carbocycles. The summed E-state index contributed by atoms with van der Waals surface area (Å²) in [6.45, 7) is 1.84. The van der Waals surface area contributed by atoms with Gasteiger partial charge in [-0.3, -0.25) is 4.79 Å². The van der Waals surface area contributed by atoms with Crippen LogP contribution in [0.25, 0.3) is 0 Å². The zero-order valence-electron chi connectivity index (χ0n) is 9.52. The molecule has 2 unspecified atom stereocenters. The van der Waals surface area contributed by atoms with E-state index < -0.39 is 21.4 Å². The molecule has 7 heteroatoms. The summed E-state index contributed by atoms with van der Waals surface area (Å²) < 4.78 is 27.4. The molecule has 1 amide bonds. The van der Waals surface area contributed by atoms with Gasteiger partial charge in [0.1, 0.15) is 6.04 Å². The molecule has 0 bridgehead atoms. The topological polar surface area (TPSA) is 98.5 Å². The Hall–Kier alpha value is -0.660. The lowest BCUT2D eigenvalue weighted by Crippen LogP contribution is -2.53. The van der Waals surface area contributed by atoms with Crippen LogP contribution in [0, 0.1) is 0 Å². The van der Waals surface area contributed by atoms with E-state index in [1.807, 2.05) is 0 Å². The van der Waals surface area contributed by atoms with Gasteiger partial charge < -0.3 is 15.8 Å². The smallest absolute Gasteiger partial charge is 0.239 e. The van der Waals surface area contributed by atoms with Crippen LogP contribution in [0.2, 0.25) is 0 Å². The van der Waals surface area contributed by atoms with Crippen LogP contribution in [0.3, 0.4) is 0 Å². The van der Waals surface area contributed by atoms with Gasteiger partial charge in [0.05, 0.1) is 23.7 Å². The van der Waals surface area contributed by atoms with Crippen LogP contribution in [0.1, 0.15) is 13.3 Å². The number of carbonyl (C=O) groups excluding carboxylic acids is 1. The van der Waals surface area contributed by atoms with Crippen molar-refractivity contribution in [1.82, 2.24) is 5.32 Å². The van der Waals surface area contributed by atoms with Crippen molar-refractivity contribution < 1.29 is 17.9 Å². The number of nitrogens with two attached hydrogens (primary N) is 1. The van der Waals surface area contributed by atoms with E-state index in [1.165, 1.54) is 7.11 Å². The SMILES string of the molecule is COCC(N)C(=O)NC1(C)CCS(=O)(=O)C1. The standard InChI is InChI=1S/C9H18N2O4S/c1-9(3-4-16(13,14)6-9)11-8(12)7(10)5-15-2/h7H,3-6,10H2,1-2H3,(H,11,12). The summed E-state index contributed by atoms with van der Waals surface area (Å²) in [5.74, 6) is -0.282. The minimum absolute atomic E-state index is 0.0224. The number of ether oxygens (including phenoxy) is 1.